The maximum atomic E-state index is 10.7. The van der Waals surface area contributed by atoms with Gasteiger partial charge >= 0.3 is 5.97 Å². The number of hydrogen-bond acceptors (Lipinski definition) is 3. The monoisotopic (exact) mass is 274 g/mol. The molecular formula is C10H11BrO4. The van der Waals surface area contributed by atoms with Crippen molar-refractivity contribution < 1.29 is 19.7 Å². The standard InChI is InChI=1S/C10H11BrO4/c1-15-9(10(13)14)5-6-2-3-8(12)7(11)4-6/h2-4,9,12H,5H2,1H3,(H,13,14). The van der Waals surface area contributed by atoms with E-state index >= 15 is 0 Å². The van der Waals surface area contributed by atoms with Gasteiger partial charge in [-0.1, -0.05) is 6.07 Å². The molecule has 4 nitrogen and oxygen atoms in total. The van der Waals surface area contributed by atoms with E-state index < -0.39 is 12.1 Å². The number of carbonyl (C=O) groups is 1. The van der Waals surface area contributed by atoms with E-state index in [4.69, 9.17) is 9.84 Å². The highest BCUT2D eigenvalue weighted by Gasteiger charge is 2.17. The number of carboxylic acid groups (broad SMARTS) is 1. The van der Waals surface area contributed by atoms with Crippen molar-refractivity contribution in [3.8, 4) is 5.75 Å². The summed E-state index contributed by atoms with van der Waals surface area (Å²) in [5.74, 6) is -0.871. The first-order valence-electron chi connectivity index (χ1n) is 4.27. The normalized spacial score (nSPS) is 12.4. The Morgan fingerprint density at radius 1 is 1.60 bits per heavy atom. The van der Waals surface area contributed by atoms with E-state index in [2.05, 4.69) is 15.9 Å². The van der Waals surface area contributed by atoms with Gasteiger partial charge < -0.3 is 14.9 Å². The summed E-state index contributed by atoms with van der Waals surface area (Å²) in [5, 5.41) is 18.0. The quantitative estimate of drug-likeness (QED) is 0.879. The van der Waals surface area contributed by atoms with Crippen molar-refractivity contribution in [2.24, 2.45) is 0 Å². The topological polar surface area (TPSA) is 66.8 Å². The average Bonchev–Trinajstić information content (AvgIpc) is 2.19. The van der Waals surface area contributed by atoms with Gasteiger partial charge in [0.25, 0.3) is 0 Å². The van der Waals surface area contributed by atoms with Crippen molar-refractivity contribution in [1.29, 1.82) is 0 Å². The van der Waals surface area contributed by atoms with Crippen molar-refractivity contribution >= 4 is 21.9 Å². The Kier molecular flexibility index (Phi) is 4.11. The van der Waals surface area contributed by atoms with Crippen LogP contribution in [0.5, 0.6) is 5.75 Å². The number of benzene rings is 1. The summed E-state index contributed by atoms with van der Waals surface area (Å²) in [6.45, 7) is 0. The predicted octanol–water partition coefficient (Wildman–Crippen LogP) is 1.80. The Hall–Kier alpha value is -1.07. The summed E-state index contributed by atoms with van der Waals surface area (Å²) in [4.78, 5) is 10.7. The number of ether oxygens (including phenoxy) is 1. The maximum absolute atomic E-state index is 10.7. The predicted molar refractivity (Wildman–Crippen MR) is 57.9 cm³/mol. The summed E-state index contributed by atoms with van der Waals surface area (Å²) in [6, 6.07) is 4.84. The first-order valence-corrected chi connectivity index (χ1v) is 5.07. The molecule has 0 radical (unpaired) electrons. The molecule has 0 amide bonds. The first kappa shape index (κ1) is 12.0. The van der Waals surface area contributed by atoms with Gasteiger partial charge in [0.2, 0.25) is 0 Å². The van der Waals surface area contributed by atoms with Gasteiger partial charge in [-0.2, -0.15) is 0 Å². The number of methoxy groups -OCH3 is 1. The zero-order valence-electron chi connectivity index (χ0n) is 8.11. The Morgan fingerprint density at radius 2 is 2.27 bits per heavy atom. The number of aliphatic carboxylic acids is 1. The summed E-state index contributed by atoms with van der Waals surface area (Å²) in [5.41, 5.74) is 0.786. The summed E-state index contributed by atoms with van der Waals surface area (Å²) < 4.78 is 5.35. The second-order valence-corrected chi connectivity index (χ2v) is 3.91. The van der Waals surface area contributed by atoms with Gasteiger partial charge in [-0.15, -0.1) is 0 Å². The fourth-order valence-electron chi connectivity index (χ4n) is 1.16. The lowest BCUT2D eigenvalue weighted by molar-refractivity contribution is -0.148. The zero-order valence-corrected chi connectivity index (χ0v) is 9.69. The fourth-order valence-corrected chi connectivity index (χ4v) is 1.59. The lowest BCUT2D eigenvalue weighted by Gasteiger charge is -2.10. The molecule has 0 saturated carbocycles. The molecule has 1 aromatic carbocycles. The van der Waals surface area contributed by atoms with Crippen molar-refractivity contribution in [1.82, 2.24) is 0 Å². The highest BCUT2D eigenvalue weighted by Crippen LogP contribution is 2.24. The smallest absolute Gasteiger partial charge is 0.333 e. The summed E-state index contributed by atoms with van der Waals surface area (Å²) >= 11 is 3.16. The molecule has 82 valence electrons. The van der Waals surface area contributed by atoms with Gasteiger partial charge in [-0.05, 0) is 33.6 Å². The van der Waals surface area contributed by atoms with E-state index in [9.17, 15) is 9.90 Å². The first-order chi connectivity index (χ1) is 7.04. The number of carboxylic acids is 1. The van der Waals surface area contributed by atoms with E-state index in [0.29, 0.717) is 4.47 Å². The van der Waals surface area contributed by atoms with Crippen LogP contribution in [0.15, 0.2) is 22.7 Å². The average molecular weight is 275 g/mol. The molecule has 0 aliphatic rings. The molecule has 15 heavy (non-hydrogen) atoms. The lowest BCUT2D eigenvalue weighted by Crippen LogP contribution is -2.24. The number of hydrogen-bond donors (Lipinski definition) is 2. The van der Waals surface area contributed by atoms with Crippen molar-refractivity contribution in [3.63, 3.8) is 0 Å². The minimum Gasteiger partial charge on any atom is -0.507 e. The molecule has 2 N–H and O–H groups in total. The molecule has 0 aliphatic carbocycles. The van der Waals surface area contributed by atoms with Gasteiger partial charge in [-0.25, -0.2) is 4.79 Å². The zero-order chi connectivity index (χ0) is 11.4. The van der Waals surface area contributed by atoms with Crippen LogP contribution in [0.4, 0.5) is 0 Å². The third-order valence-corrected chi connectivity index (χ3v) is 2.63. The van der Waals surface area contributed by atoms with Crippen LogP contribution < -0.4 is 0 Å². The van der Waals surface area contributed by atoms with E-state index in [1.54, 1.807) is 12.1 Å². The molecule has 0 spiro atoms. The molecule has 1 aromatic rings. The van der Waals surface area contributed by atoms with E-state index in [0.717, 1.165) is 5.56 Å². The Bertz CT molecular complexity index is 364. The summed E-state index contributed by atoms with van der Waals surface area (Å²) in [6.07, 6.45) is -0.591. The minimum absolute atomic E-state index is 0.128. The highest BCUT2D eigenvalue weighted by atomic mass is 79.9. The van der Waals surface area contributed by atoms with E-state index in [1.165, 1.54) is 13.2 Å². The van der Waals surface area contributed by atoms with Crippen molar-refractivity contribution in [3.05, 3.63) is 28.2 Å². The fraction of sp³-hybridized carbons (Fsp3) is 0.300. The van der Waals surface area contributed by atoms with Gasteiger partial charge in [0.1, 0.15) is 5.75 Å². The summed E-state index contributed by atoms with van der Waals surface area (Å²) in [7, 11) is 1.36. The largest absolute Gasteiger partial charge is 0.507 e. The second kappa shape index (κ2) is 5.14. The van der Waals surface area contributed by atoms with Crippen LogP contribution in [0, 0.1) is 0 Å². The van der Waals surface area contributed by atoms with Crippen LogP contribution in [-0.4, -0.2) is 29.4 Å². The molecule has 0 fully saturated rings. The van der Waals surface area contributed by atoms with Crippen LogP contribution in [0.2, 0.25) is 0 Å². The molecule has 1 atom stereocenters. The van der Waals surface area contributed by atoms with E-state index in [-0.39, 0.29) is 12.2 Å². The van der Waals surface area contributed by atoms with Crippen LogP contribution in [-0.2, 0) is 16.0 Å². The number of phenolic OH excluding ortho intramolecular Hbond substituents is 1. The van der Waals surface area contributed by atoms with Crippen LogP contribution in [0.25, 0.3) is 0 Å². The number of rotatable bonds is 4. The molecule has 0 heterocycles. The minimum atomic E-state index is -0.998. The number of phenols is 1. The molecule has 0 aromatic heterocycles. The number of halogens is 1. The third kappa shape index (κ3) is 3.21. The van der Waals surface area contributed by atoms with Crippen LogP contribution in [0.3, 0.4) is 0 Å². The highest BCUT2D eigenvalue weighted by molar-refractivity contribution is 9.10. The molecule has 0 bridgehead atoms. The van der Waals surface area contributed by atoms with Crippen molar-refractivity contribution in [2.75, 3.05) is 7.11 Å². The second-order valence-electron chi connectivity index (χ2n) is 3.05. The molecular weight excluding hydrogens is 264 g/mol. The van der Waals surface area contributed by atoms with Gasteiger partial charge in [0.05, 0.1) is 4.47 Å². The van der Waals surface area contributed by atoms with Gasteiger partial charge in [-0.3, -0.25) is 0 Å². The number of aromatic hydroxyl groups is 1. The SMILES string of the molecule is COC(Cc1ccc(O)c(Br)c1)C(=O)O. The van der Waals surface area contributed by atoms with Crippen LogP contribution in [0.1, 0.15) is 5.56 Å². The molecule has 5 heteroatoms. The van der Waals surface area contributed by atoms with Gasteiger partial charge in [0, 0.05) is 13.5 Å². The Labute approximate surface area is 95.6 Å². The maximum Gasteiger partial charge on any atom is 0.333 e. The molecule has 1 rings (SSSR count). The third-order valence-electron chi connectivity index (χ3n) is 1.99. The Morgan fingerprint density at radius 3 is 2.73 bits per heavy atom. The Balaban J connectivity index is 2.80. The van der Waals surface area contributed by atoms with Gasteiger partial charge in [0.15, 0.2) is 6.10 Å². The molecule has 0 saturated heterocycles. The van der Waals surface area contributed by atoms with Crippen LogP contribution >= 0.6 is 15.9 Å². The molecule has 1 unspecified atom stereocenters. The lowest BCUT2D eigenvalue weighted by atomic mass is 10.1. The van der Waals surface area contributed by atoms with Crippen molar-refractivity contribution in [2.45, 2.75) is 12.5 Å². The molecule has 0 aliphatic heterocycles. The van der Waals surface area contributed by atoms with E-state index in [1.807, 2.05) is 0 Å².